The van der Waals surface area contributed by atoms with E-state index in [4.69, 9.17) is 0 Å². The summed E-state index contributed by atoms with van der Waals surface area (Å²) in [4.78, 5) is 4.13. The van der Waals surface area contributed by atoms with Crippen LogP contribution in [-0.4, -0.2) is 23.1 Å². The molecule has 2 aromatic heterocycles. The minimum Gasteiger partial charge on any atom is -0.390 e. The van der Waals surface area contributed by atoms with Crippen LogP contribution < -0.4 is 4.72 Å². The van der Waals surface area contributed by atoms with Gasteiger partial charge in [0.05, 0.1) is 6.61 Å². The van der Waals surface area contributed by atoms with Gasteiger partial charge in [-0.05, 0) is 47.0 Å². The molecular formula is C13H14BrN3O3S. The zero-order valence-corrected chi connectivity index (χ0v) is 13.4. The molecule has 6 nitrogen and oxygen atoms in total. The molecule has 0 spiro atoms. The molecule has 2 heterocycles. The number of rotatable bonds is 5. The van der Waals surface area contributed by atoms with Gasteiger partial charge < -0.3 is 9.67 Å². The van der Waals surface area contributed by atoms with Gasteiger partial charge >= 0.3 is 0 Å². The lowest BCUT2D eigenvalue weighted by Gasteiger charge is -2.05. The summed E-state index contributed by atoms with van der Waals surface area (Å²) in [7, 11) is -3.70. The normalized spacial score (nSPS) is 15.1. The second-order valence-corrected chi connectivity index (χ2v) is 7.53. The number of anilines is 1. The second-order valence-electron chi connectivity index (χ2n) is 4.93. The van der Waals surface area contributed by atoms with Gasteiger partial charge in [-0.15, -0.1) is 0 Å². The fourth-order valence-corrected chi connectivity index (χ4v) is 3.39. The molecule has 2 aromatic rings. The van der Waals surface area contributed by atoms with Gasteiger partial charge in [0.15, 0.2) is 0 Å². The summed E-state index contributed by atoms with van der Waals surface area (Å²) in [5.41, 5.74) is 0.613. The maximum Gasteiger partial charge on any atom is 0.264 e. The van der Waals surface area contributed by atoms with E-state index in [-0.39, 0.29) is 17.3 Å². The fraction of sp³-hybridized carbons (Fsp3) is 0.308. The Labute approximate surface area is 131 Å². The van der Waals surface area contributed by atoms with Crippen LogP contribution in [0.4, 0.5) is 5.82 Å². The molecule has 1 aliphatic carbocycles. The number of nitrogens with one attached hydrogen (secondary N) is 1. The van der Waals surface area contributed by atoms with Gasteiger partial charge in [0.2, 0.25) is 0 Å². The minimum atomic E-state index is -3.70. The molecule has 0 bridgehead atoms. The number of aromatic nitrogens is 2. The maximum atomic E-state index is 12.4. The van der Waals surface area contributed by atoms with Crippen LogP contribution >= 0.6 is 15.9 Å². The Kier molecular flexibility index (Phi) is 3.76. The van der Waals surface area contributed by atoms with E-state index in [1.54, 1.807) is 18.3 Å². The van der Waals surface area contributed by atoms with E-state index >= 15 is 0 Å². The average molecular weight is 372 g/mol. The van der Waals surface area contributed by atoms with Crippen molar-refractivity contribution in [3.8, 4) is 0 Å². The van der Waals surface area contributed by atoms with Crippen molar-refractivity contribution in [3.63, 3.8) is 0 Å². The number of aliphatic hydroxyl groups excluding tert-OH is 1. The first-order chi connectivity index (χ1) is 9.99. The molecule has 21 heavy (non-hydrogen) atoms. The first-order valence-corrected chi connectivity index (χ1v) is 8.73. The van der Waals surface area contributed by atoms with E-state index in [1.165, 1.54) is 12.3 Å². The third-order valence-electron chi connectivity index (χ3n) is 3.29. The van der Waals surface area contributed by atoms with Crippen LogP contribution in [0.5, 0.6) is 0 Å². The Morgan fingerprint density at radius 3 is 2.76 bits per heavy atom. The van der Waals surface area contributed by atoms with E-state index in [2.05, 4.69) is 25.6 Å². The number of nitrogens with zero attached hydrogens (tertiary/aromatic N) is 2. The number of hydrogen-bond acceptors (Lipinski definition) is 4. The smallest absolute Gasteiger partial charge is 0.264 e. The van der Waals surface area contributed by atoms with Crippen LogP contribution in [0, 0.1) is 0 Å². The lowest BCUT2D eigenvalue weighted by atomic mass is 10.4. The Morgan fingerprint density at radius 1 is 1.43 bits per heavy atom. The fourth-order valence-electron chi connectivity index (χ4n) is 2.10. The predicted molar refractivity (Wildman–Crippen MR) is 81.4 cm³/mol. The first kappa shape index (κ1) is 14.6. The number of pyridine rings is 1. The van der Waals surface area contributed by atoms with Crippen molar-refractivity contribution in [2.45, 2.75) is 30.4 Å². The maximum absolute atomic E-state index is 12.4. The van der Waals surface area contributed by atoms with Crippen LogP contribution in [0.2, 0.25) is 0 Å². The highest BCUT2D eigenvalue weighted by Crippen LogP contribution is 2.37. The number of aliphatic hydroxyl groups is 1. The van der Waals surface area contributed by atoms with Crippen molar-refractivity contribution in [1.82, 2.24) is 9.55 Å². The molecular weight excluding hydrogens is 358 g/mol. The Morgan fingerprint density at radius 2 is 2.19 bits per heavy atom. The molecule has 8 heteroatoms. The molecule has 0 saturated heterocycles. The molecule has 0 radical (unpaired) electrons. The van der Waals surface area contributed by atoms with E-state index in [9.17, 15) is 13.5 Å². The summed E-state index contributed by atoms with van der Waals surface area (Å²) in [5, 5.41) is 9.34. The molecule has 0 unspecified atom stereocenters. The number of halogens is 1. The van der Waals surface area contributed by atoms with Crippen LogP contribution in [0.15, 0.2) is 40.0 Å². The molecule has 1 aliphatic rings. The van der Waals surface area contributed by atoms with E-state index < -0.39 is 10.0 Å². The summed E-state index contributed by atoms with van der Waals surface area (Å²) in [5.74, 6) is 0.253. The molecule has 0 atom stereocenters. The highest BCUT2D eigenvalue weighted by molar-refractivity contribution is 9.10. The third-order valence-corrected chi connectivity index (χ3v) is 5.08. The standard InChI is InChI=1S/C13H14BrN3O3S/c14-9-1-4-13(15-6-9)16-21(19,20)12-5-11(8-18)17(7-12)10-2-3-10/h1,4-7,10,18H,2-3,8H2,(H,15,16). The van der Waals surface area contributed by atoms with E-state index in [1.807, 2.05) is 4.57 Å². The molecule has 0 amide bonds. The van der Waals surface area contributed by atoms with Crippen LogP contribution in [0.25, 0.3) is 0 Å². The van der Waals surface area contributed by atoms with Crippen molar-refractivity contribution in [3.05, 3.63) is 40.8 Å². The minimum absolute atomic E-state index is 0.142. The highest BCUT2D eigenvalue weighted by Gasteiger charge is 2.28. The SMILES string of the molecule is O=S(=O)(Nc1ccc(Br)cn1)c1cc(CO)n(C2CC2)c1. The van der Waals surface area contributed by atoms with Gasteiger partial charge in [0.25, 0.3) is 10.0 Å². The molecule has 0 aliphatic heterocycles. The molecule has 0 aromatic carbocycles. The molecule has 1 saturated carbocycles. The number of hydrogen-bond donors (Lipinski definition) is 2. The Balaban J connectivity index is 1.89. The third kappa shape index (κ3) is 3.12. The quantitative estimate of drug-likeness (QED) is 0.844. The second kappa shape index (κ2) is 5.43. The van der Waals surface area contributed by atoms with Crippen LogP contribution in [0.1, 0.15) is 24.6 Å². The average Bonchev–Trinajstić information content (AvgIpc) is 3.19. The van der Waals surface area contributed by atoms with Gasteiger partial charge in [-0.3, -0.25) is 4.72 Å². The van der Waals surface area contributed by atoms with Crippen molar-refractivity contribution in [2.75, 3.05) is 4.72 Å². The Bertz CT molecular complexity index is 751. The summed E-state index contributed by atoms with van der Waals surface area (Å²) in [6.07, 6.45) is 5.13. The van der Waals surface area contributed by atoms with Crippen LogP contribution in [0.3, 0.4) is 0 Å². The zero-order valence-electron chi connectivity index (χ0n) is 11.0. The highest BCUT2D eigenvalue weighted by atomic mass is 79.9. The zero-order chi connectivity index (χ0) is 15.0. The Hall–Kier alpha value is -1.38. The van der Waals surface area contributed by atoms with Crippen molar-refractivity contribution in [2.24, 2.45) is 0 Å². The first-order valence-electron chi connectivity index (χ1n) is 6.45. The monoisotopic (exact) mass is 371 g/mol. The van der Waals surface area contributed by atoms with Gasteiger partial charge in [0, 0.05) is 28.6 Å². The van der Waals surface area contributed by atoms with Crippen LogP contribution in [-0.2, 0) is 16.6 Å². The molecule has 2 N–H and O–H groups in total. The van der Waals surface area contributed by atoms with E-state index in [0.717, 1.165) is 17.3 Å². The summed E-state index contributed by atoms with van der Waals surface area (Å²) in [6, 6.07) is 5.09. The topological polar surface area (TPSA) is 84.2 Å². The summed E-state index contributed by atoms with van der Waals surface area (Å²) >= 11 is 3.24. The lowest BCUT2D eigenvalue weighted by molar-refractivity contribution is 0.270. The van der Waals surface area contributed by atoms with Gasteiger partial charge in [-0.1, -0.05) is 0 Å². The van der Waals surface area contributed by atoms with Crippen molar-refractivity contribution < 1.29 is 13.5 Å². The van der Waals surface area contributed by atoms with Crippen molar-refractivity contribution >= 4 is 31.8 Å². The lowest BCUT2D eigenvalue weighted by Crippen LogP contribution is -2.13. The van der Waals surface area contributed by atoms with Gasteiger partial charge in [-0.2, -0.15) is 0 Å². The predicted octanol–water partition coefficient (Wildman–Crippen LogP) is 2.27. The molecule has 1 fully saturated rings. The number of sulfonamides is 1. The largest absolute Gasteiger partial charge is 0.390 e. The van der Waals surface area contributed by atoms with E-state index in [0.29, 0.717) is 11.7 Å². The molecule has 3 rings (SSSR count). The summed E-state index contributed by atoms with van der Waals surface area (Å²) in [6.45, 7) is -0.178. The van der Waals surface area contributed by atoms with Crippen molar-refractivity contribution in [1.29, 1.82) is 0 Å². The molecule has 112 valence electrons. The summed E-state index contributed by atoms with van der Waals surface area (Å²) < 4.78 is 29.7. The van der Waals surface area contributed by atoms with Gasteiger partial charge in [0.1, 0.15) is 10.7 Å². The van der Waals surface area contributed by atoms with Gasteiger partial charge in [-0.25, -0.2) is 13.4 Å².